The molecule has 0 amide bonds. The van der Waals surface area contributed by atoms with Crippen LogP contribution in [0.1, 0.15) is 53.4 Å². The van der Waals surface area contributed by atoms with Gasteiger partial charge in [-0.15, -0.1) is 0 Å². The molecular weight excluding hydrogens is 170 g/mol. The maximum atomic E-state index is 3.75. The lowest BCUT2D eigenvalue weighted by molar-refractivity contribution is 0.331. The van der Waals surface area contributed by atoms with Crippen molar-refractivity contribution in [1.29, 1.82) is 0 Å². The zero-order chi connectivity index (χ0) is 10.6. The zero-order valence-corrected chi connectivity index (χ0v) is 10.3. The van der Waals surface area contributed by atoms with E-state index in [0.29, 0.717) is 0 Å². The zero-order valence-electron chi connectivity index (χ0n) is 10.3. The third kappa shape index (κ3) is 2.98. The maximum absolute atomic E-state index is 3.75. The predicted molar refractivity (Wildman–Crippen MR) is 63.4 cm³/mol. The lowest BCUT2D eigenvalue weighted by Gasteiger charge is -2.22. The van der Waals surface area contributed by atoms with E-state index in [1.54, 1.807) is 0 Å². The molecule has 4 atom stereocenters. The van der Waals surface area contributed by atoms with Gasteiger partial charge >= 0.3 is 0 Å². The molecule has 0 bridgehead atoms. The fraction of sp³-hybridized carbons (Fsp3) is 1.00. The van der Waals surface area contributed by atoms with E-state index >= 15 is 0 Å². The minimum Gasteiger partial charge on any atom is -0.313 e. The molecule has 1 saturated carbocycles. The van der Waals surface area contributed by atoms with E-state index in [0.717, 1.165) is 23.8 Å². The highest BCUT2D eigenvalue weighted by Crippen LogP contribution is 2.33. The van der Waals surface area contributed by atoms with Crippen molar-refractivity contribution in [3.8, 4) is 0 Å². The van der Waals surface area contributed by atoms with Crippen LogP contribution in [0.5, 0.6) is 0 Å². The van der Waals surface area contributed by atoms with Crippen LogP contribution < -0.4 is 5.32 Å². The molecule has 0 saturated heterocycles. The van der Waals surface area contributed by atoms with Crippen molar-refractivity contribution in [2.24, 2.45) is 17.8 Å². The topological polar surface area (TPSA) is 12.0 Å². The second-order valence-electron chi connectivity index (χ2n) is 5.13. The van der Waals surface area contributed by atoms with Gasteiger partial charge in [0.05, 0.1) is 0 Å². The molecule has 1 fully saturated rings. The van der Waals surface area contributed by atoms with Gasteiger partial charge in [-0.1, -0.05) is 40.5 Å². The van der Waals surface area contributed by atoms with Gasteiger partial charge in [-0.2, -0.15) is 0 Å². The lowest BCUT2D eigenvalue weighted by Crippen LogP contribution is -2.35. The van der Waals surface area contributed by atoms with Crippen molar-refractivity contribution in [3.05, 3.63) is 0 Å². The second kappa shape index (κ2) is 5.75. The number of nitrogens with one attached hydrogen (secondary N) is 1. The predicted octanol–water partition coefficient (Wildman–Crippen LogP) is 3.45. The molecule has 1 aliphatic carbocycles. The summed E-state index contributed by atoms with van der Waals surface area (Å²) in [4.78, 5) is 0. The minimum absolute atomic E-state index is 0.800. The van der Waals surface area contributed by atoms with Gasteiger partial charge in [0.1, 0.15) is 0 Å². The first-order chi connectivity index (χ1) is 6.69. The van der Waals surface area contributed by atoms with Crippen LogP contribution in [0.3, 0.4) is 0 Å². The van der Waals surface area contributed by atoms with Crippen molar-refractivity contribution in [3.63, 3.8) is 0 Å². The van der Waals surface area contributed by atoms with E-state index in [1.807, 2.05) is 0 Å². The Hall–Kier alpha value is -0.0400. The summed E-state index contributed by atoms with van der Waals surface area (Å²) in [6.45, 7) is 10.6. The highest BCUT2D eigenvalue weighted by Gasteiger charge is 2.30. The van der Waals surface area contributed by atoms with Crippen molar-refractivity contribution in [1.82, 2.24) is 5.32 Å². The summed E-state index contributed by atoms with van der Waals surface area (Å²) in [5.74, 6) is 2.70. The Morgan fingerprint density at radius 1 is 1.29 bits per heavy atom. The molecule has 0 radical (unpaired) electrons. The minimum atomic E-state index is 0.800. The average molecular weight is 197 g/mol. The smallest absolute Gasteiger partial charge is 0.00955 e. The van der Waals surface area contributed by atoms with Crippen molar-refractivity contribution in [2.75, 3.05) is 6.54 Å². The molecule has 0 aromatic heterocycles. The Morgan fingerprint density at radius 3 is 2.50 bits per heavy atom. The van der Waals surface area contributed by atoms with E-state index in [4.69, 9.17) is 0 Å². The molecular formula is C13H27N. The first-order valence-corrected chi connectivity index (χ1v) is 6.42. The van der Waals surface area contributed by atoms with Gasteiger partial charge in [0, 0.05) is 6.04 Å². The second-order valence-corrected chi connectivity index (χ2v) is 5.13. The number of hydrogen-bond acceptors (Lipinski definition) is 1. The SMILES string of the molecule is CCC(C)CNC1CCC(CC)C1C. The van der Waals surface area contributed by atoms with Crippen LogP contribution in [0.25, 0.3) is 0 Å². The molecule has 0 heterocycles. The van der Waals surface area contributed by atoms with E-state index in [1.165, 1.54) is 32.2 Å². The highest BCUT2D eigenvalue weighted by molar-refractivity contribution is 4.86. The molecule has 84 valence electrons. The van der Waals surface area contributed by atoms with Gasteiger partial charge in [-0.3, -0.25) is 0 Å². The first-order valence-electron chi connectivity index (χ1n) is 6.42. The molecule has 1 N–H and O–H groups in total. The summed E-state index contributed by atoms with van der Waals surface area (Å²) in [6, 6.07) is 0.800. The van der Waals surface area contributed by atoms with Crippen molar-refractivity contribution in [2.45, 2.75) is 59.4 Å². The van der Waals surface area contributed by atoms with Gasteiger partial charge in [0.25, 0.3) is 0 Å². The molecule has 4 unspecified atom stereocenters. The summed E-state index contributed by atoms with van der Waals surface area (Å²) in [5, 5.41) is 3.75. The van der Waals surface area contributed by atoms with Crippen molar-refractivity contribution < 1.29 is 0 Å². The summed E-state index contributed by atoms with van der Waals surface area (Å²) < 4.78 is 0. The standard InChI is InChI=1S/C13H27N/c1-5-10(3)9-14-13-8-7-12(6-2)11(13)4/h10-14H,5-9H2,1-4H3. The molecule has 1 aliphatic rings. The molecule has 14 heavy (non-hydrogen) atoms. The van der Waals surface area contributed by atoms with Gasteiger partial charge in [-0.05, 0) is 37.1 Å². The van der Waals surface area contributed by atoms with Crippen LogP contribution >= 0.6 is 0 Å². The molecule has 0 aliphatic heterocycles. The molecule has 0 spiro atoms. The largest absolute Gasteiger partial charge is 0.313 e. The molecule has 1 rings (SSSR count). The monoisotopic (exact) mass is 197 g/mol. The van der Waals surface area contributed by atoms with Crippen LogP contribution in [0.4, 0.5) is 0 Å². The van der Waals surface area contributed by atoms with E-state index in [2.05, 4.69) is 33.0 Å². The summed E-state index contributed by atoms with van der Waals surface area (Å²) in [6.07, 6.45) is 5.50. The van der Waals surface area contributed by atoms with Crippen molar-refractivity contribution >= 4 is 0 Å². The Kier molecular flexibility index (Phi) is 4.94. The Balaban J connectivity index is 2.26. The van der Waals surface area contributed by atoms with Gasteiger partial charge in [0.15, 0.2) is 0 Å². The molecule has 0 aromatic carbocycles. The van der Waals surface area contributed by atoms with Crippen LogP contribution in [0, 0.1) is 17.8 Å². The first kappa shape index (κ1) is 12.0. The molecule has 1 heteroatoms. The fourth-order valence-electron chi connectivity index (χ4n) is 2.61. The van der Waals surface area contributed by atoms with Gasteiger partial charge in [0.2, 0.25) is 0 Å². The van der Waals surface area contributed by atoms with E-state index in [-0.39, 0.29) is 0 Å². The molecule has 1 nitrogen and oxygen atoms in total. The lowest BCUT2D eigenvalue weighted by atomic mass is 9.93. The fourth-order valence-corrected chi connectivity index (χ4v) is 2.61. The van der Waals surface area contributed by atoms with E-state index < -0.39 is 0 Å². The molecule has 0 aromatic rings. The number of hydrogen-bond donors (Lipinski definition) is 1. The normalized spacial score (nSPS) is 34.7. The van der Waals surface area contributed by atoms with Crippen LogP contribution in [0.15, 0.2) is 0 Å². The average Bonchev–Trinajstić information content (AvgIpc) is 2.56. The van der Waals surface area contributed by atoms with Gasteiger partial charge < -0.3 is 5.32 Å². The summed E-state index contributed by atoms with van der Waals surface area (Å²) in [5.41, 5.74) is 0. The Morgan fingerprint density at radius 2 is 2.00 bits per heavy atom. The van der Waals surface area contributed by atoms with E-state index in [9.17, 15) is 0 Å². The quantitative estimate of drug-likeness (QED) is 0.712. The van der Waals surface area contributed by atoms with Crippen LogP contribution in [-0.2, 0) is 0 Å². The Bertz CT molecular complexity index is 155. The third-order valence-corrected chi connectivity index (χ3v) is 4.18. The summed E-state index contributed by atoms with van der Waals surface area (Å²) >= 11 is 0. The Labute approximate surface area is 89.7 Å². The highest BCUT2D eigenvalue weighted by atomic mass is 14.9. The maximum Gasteiger partial charge on any atom is 0.00955 e. The number of rotatable bonds is 5. The van der Waals surface area contributed by atoms with Gasteiger partial charge in [-0.25, -0.2) is 0 Å². The van der Waals surface area contributed by atoms with Crippen LogP contribution in [-0.4, -0.2) is 12.6 Å². The van der Waals surface area contributed by atoms with Crippen LogP contribution in [0.2, 0.25) is 0 Å². The summed E-state index contributed by atoms with van der Waals surface area (Å²) in [7, 11) is 0. The third-order valence-electron chi connectivity index (χ3n) is 4.18.